The number of halogens is 1. The molecule has 0 amide bonds. The lowest BCUT2D eigenvalue weighted by atomic mass is 10.0. The maximum absolute atomic E-state index is 13.2. The Hall–Kier alpha value is -0.970. The van der Waals surface area contributed by atoms with Crippen LogP contribution in [0.2, 0.25) is 0 Å². The van der Waals surface area contributed by atoms with Crippen LogP contribution in [-0.4, -0.2) is 36.7 Å². The van der Waals surface area contributed by atoms with E-state index in [-0.39, 0.29) is 18.0 Å². The van der Waals surface area contributed by atoms with Crippen LogP contribution in [0.15, 0.2) is 24.3 Å². The summed E-state index contributed by atoms with van der Waals surface area (Å²) in [5.41, 5.74) is 7.05. The number of morpholine rings is 1. The highest BCUT2D eigenvalue weighted by Gasteiger charge is 2.25. The SMILES string of the molecule is CCC1COC(C)CN1CCC(N)c1cccc(F)c1. The quantitative estimate of drug-likeness (QED) is 0.901. The Bertz CT molecular complexity index is 427. The average molecular weight is 280 g/mol. The highest BCUT2D eigenvalue weighted by atomic mass is 19.1. The molecule has 112 valence electrons. The molecular formula is C16H25FN2O. The summed E-state index contributed by atoms with van der Waals surface area (Å²) in [6.45, 7) is 6.97. The number of nitrogens with two attached hydrogens (primary N) is 1. The molecule has 2 N–H and O–H groups in total. The fraction of sp³-hybridized carbons (Fsp3) is 0.625. The first-order chi connectivity index (χ1) is 9.60. The van der Waals surface area contributed by atoms with E-state index in [9.17, 15) is 4.39 Å². The van der Waals surface area contributed by atoms with Crippen LogP contribution in [0.5, 0.6) is 0 Å². The van der Waals surface area contributed by atoms with Crippen molar-refractivity contribution >= 4 is 0 Å². The third-order valence-electron chi connectivity index (χ3n) is 4.06. The van der Waals surface area contributed by atoms with Crippen LogP contribution in [0.25, 0.3) is 0 Å². The van der Waals surface area contributed by atoms with Gasteiger partial charge in [0, 0.05) is 25.2 Å². The predicted molar refractivity (Wildman–Crippen MR) is 79.0 cm³/mol. The maximum atomic E-state index is 13.2. The fourth-order valence-corrected chi connectivity index (χ4v) is 2.77. The van der Waals surface area contributed by atoms with Gasteiger partial charge in [-0.2, -0.15) is 0 Å². The Morgan fingerprint density at radius 2 is 2.30 bits per heavy atom. The van der Waals surface area contributed by atoms with Crippen molar-refractivity contribution in [2.45, 2.75) is 44.9 Å². The fourth-order valence-electron chi connectivity index (χ4n) is 2.77. The van der Waals surface area contributed by atoms with Crippen molar-refractivity contribution < 1.29 is 9.13 Å². The minimum absolute atomic E-state index is 0.110. The van der Waals surface area contributed by atoms with Crippen LogP contribution in [0.1, 0.15) is 38.3 Å². The van der Waals surface area contributed by atoms with Crippen LogP contribution in [0, 0.1) is 5.82 Å². The van der Waals surface area contributed by atoms with Gasteiger partial charge in [-0.05, 0) is 37.5 Å². The summed E-state index contributed by atoms with van der Waals surface area (Å²) in [5, 5.41) is 0. The Morgan fingerprint density at radius 3 is 3.00 bits per heavy atom. The van der Waals surface area contributed by atoms with E-state index >= 15 is 0 Å². The first-order valence-electron chi connectivity index (χ1n) is 7.46. The molecule has 2 rings (SSSR count). The molecule has 0 radical (unpaired) electrons. The van der Waals surface area contributed by atoms with Crippen molar-refractivity contribution in [3.63, 3.8) is 0 Å². The molecule has 1 aliphatic rings. The second kappa shape index (κ2) is 7.16. The monoisotopic (exact) mass is 280 g/mol. The summed E-state index contributed by atoms with van der Waals surface area (Å²) >= 11 is 0. The predicted octanol–water partition coefficient (Wildman–Crippen LogP) is 2.71. The van der Waals surface area contributed by atoms with Crippen LogP contribution in [-0.2, 0) is 4.74 Å². The Morgan fingerprint density at radius 1 is 1.50 bits per heavy atom. The Labute approximate surface area is 120 Å². The van der Waals surface area contributed by atoms with Gasteiger partial charge in [-0.3, -0.25) is 4.90 Å². The van der Waals surface area contributed by atoms with Crippen molar-refractivity contribution in [3.05, 3.63) is 35.6 Å². The van der Waals surface area contributed by atoms with Crippen molar-refractivity contribution in [1.82, 2.24) is 4.90 Å². The third-order valence-corrected chi connectivity index (χ3v) is 4.06. The van der Waals surface area contributed by atoms with E-state index in [1.165, 1.54) is 12.1 Å². The zero-order valence-electron chi connectivity index (χ0n) is 12.4. The largest absolute Gasteiger partial charge is 0.376 e. The number of hydrogen-bond donors (Lipinski definition) is 1. The summed E-state index contributed by atoms with van der Waals surface area (Å²) in [6.07, 6.45) is 2.21. The van der Waals surface area contributed by atoms with Gasteiger partial charge in [0.15, 0.2) is 0 Å². The second-order valence-electron chi connectivity index (χ2n) is 5.65. The van der Waals surface area contributed by atoms with E-state index in [0.29, 0.717) is 6.04 Å². The molecule has 0 aromatic heterocycles. The summed E-state index contributed by atoms with van der Waals surface area (Å²) < 4.78 is 18.9. The van der Waals surface area contributed by atoms with Gasteiger partial charge in [-0.1, -0.05) is 19.1 Å². The normalized spacial score (nSPS) is 25.6. The molecule has 1 saturated heterocycles. The van der Waals surface area contributed by atoms with Crippen LogP contribution in [0.3, 0.4) is 0 Å². The second-order valence-corrected chi connectivity index (χ2v) is 5.65. The maximum Gasteiger partial charge on any atom is 0.123 e. The zero-order valence-corrected chi connectivity index (χ0v) is 12.4. The van der Waals surface area contributed by atoms with Crippen LogP contribution in [0.4, 0.5) is 4.39 Å². The molecule has 1 heterocycles. The van der Waals surface area contributed by atoms with E-state index in [1.807, 2.05) is 6.07 Å². The van der Waals surface area contributed by atoms with E-state index in [4.69, 9.17) is 10.5 Å². The van der Waals surface area contributed by atoms with Gasteiger partial charge in [0.25, 0.3) is 0 Å². The van der Waals surface area contributed by atoms with Crippen molar-refractivity contribution in [1.29, 1.82) is 0 Å². The summed E-state index contributed by atoms with van der Waals surface area (Å²) in [4.78, 5) is 2.45. The highest BCUT2D eigenvalue weighted by Crippen LogP contribution is 2.19. The molecule has 0 spiro atoms. The molecule has 3 nitrogen and oxygen atoms in total. The minimum Gasteiger partial charge on any atom is -0.376 e. The molecule has 20 heavy (non-hydrogen) atoms. The highest BCUT2D eigenvalue weighted by molar-refractivity contribution is 5.19. The van der Waals surface area contributed by atoms with E-state index in [0.717, 1.165) is 38.1 Å². The van der Waals surface area contributed by atoms with Crippen molar-refractivity contribution in [2.75, 3.05) is 19.7 Å². The lowest BCUT2D eigenvalue weighted by Crippen LogP contribution is -2.49. The number of hydrogen-bond acceptors (Lipinski definition) is 3. The molecule has 1 fully saturated rings. The lowest BCUT2D eigenvalue weighted by Gasteiger charge is -2.38. The number of ether oxygens (including phenoxy) is 1. The minimum atomic E-state index is -0.218. The lowest BCUT2D eigenvalue weighted by molar-refractivity contribution is -0.0564. The van der Waals surface area contributed by atoms with Gasteiger partial charge >= 0.3 is 0 Å². The van der Waals surface area contributed by atoms with Crippen molar-refractivity contribution in [2.24, 2.45) is 5.73 Å². The first kappa shape index (κ1) is 15.4. The van der Waals surface area contributed by atoms with Crippen molar-refractivity contribution in [3.8, 4) is 0 Å². The van der Waals surface area contributed by atoms with Crippen LogP contribution >= 0.6 is 0 Å². The molecule has 0 bridgehead atoms. The molecule has 3 unspecified atom stereocenters. The van der Waals surface area contributed by atoms with Gasteiger partial charge in [0.05, 0.1) is 12.7 Å². The zero-order chi connectivity index (χ0) is 14.5. The average Bonchev–Trinajstić information content (AvgIpc) is 2.45. The van der Waals surface area contributed by atoms with Gasteiger partial charge < -0.3 is 10.5 Å². The molecule has 1 aliphatic heterocycles. The van der Waals surface area contributed by atoms with E-state index in [2.05, 4.69) is 18.7 Å². The number of nitrogens with zero attached hydrogens (tertiary/aromatic N) is 1. The van der Waals surface area contributed by atoms with Gasteiger partial charge in [-0.25, -0.2) is 4.39 Å². The number of benzene rings is 1. The van der Waals surface area contributed by atoms with Gasteiger partial charge in [0.2, 0.25) is 0 Å². The molecule has 0 saturated carbocycles. The molecule has 4 heteroatoms. The van der Waals surface area contributed by atoms with Gasteiger partial charge in [0.1, 0.15) is 5.82 Å². The van der Waals surface area contributed by atoms with E-state index in [1.54, 1.807) is 6.07 Å². The Balaban J connectivity index is 1.90. The van der Waals surface area contributed by atoms with E-state index < -0.39 is 0 Å². The number of rotatable bonds is 5. The molecular weight excluding hydrogens is 255 g/mol. The molecule has 0 aliphatic carbocycles. The van der Waals surface area contributed by atoms with Gasteiger partial charge in [-0.15, -0.1) is 0 Å². The summed E-state index contributed by atoms with van der Waals surface area (Å²) in [7, 11) is 0. The third kappa shape index (κ3) is 4.01. The standard InChI is InChI=1S/C16H25FN2O/c1-3-15-11-20-12(2)10-19(15)8-7-16(18)13-5-4-6-14(17)9-13/h4-6,9,12,15-16H,3,7-8,10-11,18H2,1-2H3. The topological polar surface area (TPSA) is 38.5 Å². The molecule has 3 atom stereocenters. The summed E-state index contributed by atoms with van der Waals surface area (Å²) in [5.74, 6) is -0.218. The smallest absolute Gasteiger partial charge is 0.123 e. The Kier molecular flexibility index (Phi) is 5.52. The molecule has 1 aromatic carbocycles. The molecule has 1 aromatic rings. The first-order valence-corrected chi connectivity index (χ1v) is 7.46. The van der Waals surface area contributed by atoms with Crippen LogP contribution < -0.4 is 5.73 Å². The summed E-state index contributed by atoms with van der Waals surface area (Å²) in [6, 6.07) is 6.97.